The standard InChI is InChI=1S/C15H22Cl2N4/c16-12-9-13(17)15(19-14(12)18)21-7-3-11(4-8-21)10-20-5-1-2-6-20/h9,11H,1-8,10H2,(H2,18,19). The first-order chi connectivity index (χ1) is 10.1. The van der Waals surface area contributed by atoms with E-state index >= 15 is 0 Å². The van der Waals surface area contributed by atoms with Crippen molar-refractivity contribution in [3.8, 4) is 0 Å². The van der Waals surface area contributed by atoms with Crippen LogP contribution in [0.5, 0.6) is 0 Å². The number of rotatable bonds is 3. The molecule has 4 nitrogen and oxygen atoms in total. The summed E-state index contributed by atoms with van der Waals surface area (Å²) < 4.78 is 0. The summed E-state index contributed by atoms with van der Waals surface area (Å²) in [7, 11) is 0. The van der Waals surface area contributed by atoms with E-state index in [-0.39, 0.29) is 0 Å². The number of nitrogens with zero attached hydrogens (tertiary/aromatic N) is 3. The van der Waals surface area contributed by atoms with Gasteiger partial charge in [0, 0.05) is 19.6 Å². The van der Waals surface area contributed by atoms with Crippen LogP contribution in [0.4, 0.5) is 11.6 Å². The Labute approximate surface area is 136 Å². The Morgan fingerprint density at radius 2 is 1.76 bits per heavy atom. The third-order valence-corrected chi connectivity index (χ3v) is 5.15. The summed E-state index contributed by atoms with van der Waals surface area (Å²) in [6, 6.07) is 1.69. The van der Waals surface area contributed by atoms with Crippen LogP contribution < -0.4 is 10.6 Å². The maximum absolute atomic E-state index is 6.26. The highest BCUT2D eigenvalue weighted by atomic mass is 35.5. The highest BCUT2D eigenvalue weighted by molar-refractivity contribution is 6.37. The summed E-state index contributed by atoms with van der Waals surface area (Å²) >= 11 is 12.2. The molecule has 0 saturated carbocycles. The fourth-order valence-corrected chi connectivity index (χ4v) is 3.83. The first-order valence-corrected chi connectivity index (χ1v) is 8.48. The van der Waals surface area contributed by atoms with Crippen LogP contribution in [0, 0.1) is 5.92 Å². The van der Waals surface area contributed by atoms with Gasteiger partial charge in [-0.25, -0.2) is 4.98 Å². The number of anilines is 2. The van der Waals surface area contributed by atoms with Gasteiger partial charge in [0.05, 0.1) is 10.0 Å². The molecule has 1 aromatic rings. The van der Waals surface area contributed by atoms with Crippen molar-refractivity contribution >= 4 is 34.8 Å². The Morgan fingerprint density at radius 3 is 2.43 bits per heavy atom. The molecule has 21 heavy (non-hydrogen) atoms. The molecule has 3 rings (SSSR count). The molecule has 0 aliphatic carbocycles. The first kappa shape index (κ1) is 15.2. The molecule has 2 fully saturated rings. The van der Waals surface area contributed by atoms with Gasteiger partial charge in [-0.2, -0.15) is 0 Å². The zero-order chi connectivity index (χ0) is 14.8. The second kappa shape index (κ2) is 6.59. The summed E-state index contributed by atoms with van der Waals surface area (Å²) in [5.74, 6) is 1.93. The second-order valence-corrected chi connectivity index (χ2v) is 6.91. The van der Waals surface area contributed by atoms with Gasteiger partial charge in [0.25, 0.3) is 0 Å². The Hall–Kier alpha value is -0.710. The van der Waals surface area contributed by atoms with Crippen LogP contribution >= 0.6 is 23.2 Å². The van der Waals surface area contributed by atoms with Crippen molar-refractivity contribution in [1.29, 1.82) is 0 Å². The van der Waals surface area contributed by atoms with Crippen LogP contribution in [0.15, 0.2) is 6.07 Å². The van der Waals surface area contributed by atoms with Crippen molar-refractivity contribution in [2.45, 2.75) is 25.7 Å². The number of hydrogen-bond donors (Lipinski definition) is 1. The van der Waals surface area contributed by atoms with Crippen LogP contribution in [0.2, 0.25) is 10.0 Å². The Morgan fingerprint density at radius 1 is 1.10 bits per heavy atom. The van der Waals surface area contributed by atoms with Gasteiger partial charge in [0.15, 0.2) is 0 Å². The van der Waals surface area contributed by atoms with E-state index in [1.807, 2.05) is 0 Å². The number of aromatic nitrogens is 1. The van der Waals surface area contributed by atoms with Gasteiger partial charge in [0.2, 0.25) is 0 Å². The number of pyridine rings is 1. The van der Waals surface area contributed by atoms with E-state index in [4.69, 9.17) is 28.9 Å². The van der Waals surface area contributed by atoms with Gasteiger partial charge in [-0.3, -0.25) is 0 Å². The van der Waals surface area contributed by atoms with Crippen molar-refractivity contribution < 1.29 is 0 Å². The number of hydrogen-bond acceptors (Lipinski definition) is 4. The Kier molecular flexibility index (Phi) is 4.77. The van der Waals surface area contributed by atoms with Crippen molar-refractivity contribution in [3.05, 3.63) is 16.1 Å². The maximum atomic E-state index is 6.26. The normalized spacial score (nSPS) is 21.1. The minimum atomic E-state index is 0.357. The van der Waals surface area contributed by atoms with Crippen molar-refractivity contribution in [3.63, 3.8) is 0 Å². The molecule has 0 unspecified atom stereocenters. The molecular formula is C15H22Cl2N4. The van der Waals surface area contributed by atoms with Gasteiger partial charge >= 0.3 is 0 Å². The van der Waals surface area contributed by atoms with Gasteiger partial charge < -0.3 is 15.5 Å². The molecule has 2 aliphatic rings. The van der Waals surface area contributed by atoms with E-state index in [0.717, 1.165) is 24.8 Å². The van der Waals surface area contributed by atoms with E-state index in [2.05, 4.69) is 14.8 Å². The Balaban J connectivity index is 1.59. The van der Waals surface area contributed by atoms with E-state index in [0.29, 0.717) is 15.9 Å². The van der Waals surface area contributed by atoms with Crippen molar-refractivity contribution in [2.24, 2.45) is 5.92 Å². The highest BCUT2D eigenvalue weighted by Crippen LogP contribution is 2.32. The zero-order valence-corrected chi connectivity index (χ0v) is 13.7. The average molecular weight is 329 g/mol. The topological polar surface area (TPSA) is 45.4 Å². The molecular weight excluding hydrogens is 307 g/mol. The van der Waals surface area contributed by atoms with Crippen LogP contribution in [-0.4, -0.2) is 42.6 Å². The molecule has 3 heterocycles. The zero-order valence-electron chi connectivity index (χ0n) is 12.2. The van der Waals surface area contributed by atoms with Crippen LogP contribution in [0.25, 0.3) is 0 Å². The average Bonchev–Trinajstić information content (AvgIpc) is 2.97. The quantitative estimate of drug-likeness (QED) is 0.924. The third kappa shape index (κ3) is 3.55. The molecule has 2 saturated heterocycles. The lowest BCUT2D eigenvalue weighted by atomic mass is 9.96. The maximum Gasteiger partial charge on any atom is 0.149 e. The summed E-state index contributed by atoms with van der Waals surface area (Å²) in [6.45, 7) is 5.79. The van der Waals surface area contributed by atoms with Gasteiger partial charge in [-0.05, 0) is 50.8 Å². The summed E-state index contributed by atoms with van der Waals surface area (Å²) in [5, 5.41) is 1.01. The summed E-state index contributed by atoms with van der Waals surface area (Å²) in [4.78, 5) is 9.19. The first-order valence-electron chi connectivity index (χ1n) is 7.72. The lowest BCUT2D eigenvalue weighted by Gasteiger charge is -2.35. The molecule has 0 spiro atoms. The molecule has 0 amide bonds. The summed E-state index contributed by atoms with van der Waals surface area (Å²) in [6.07, 6.45) is 5.11. The van der Waals surface area contributed by atoms with E-state index < -0.39 is 0 Å². The number of nitrogens with two attached hydrogens (primary N) is 1. The van der Waals surface area contributed by atoms with Crippen molar-refractivity contribution in [1.82, 2.24) is 9.88 Å². The SMILES string of the molecule is Nc1nc(N2CCC(CN3CCCC3)CC2)c(Cl)cc1Cl. The number of nitrogen functional groups attached to an aromatic ring is 1. The molecule has 0 radical (unpaired) electrons. The molecule has 0 aromatic carbocycles. The third-order valence-electron chi connectivity index (χ3n) is 4.57. The van der Waals surface area contributed by atoms with Gasteiger partial charge in [0.1, 0.15) is 11.6 Å². The van der Waals surface area contributed by atoms with Gasteiger partial charge in [-0.1, -0.05) is 23.2 Å². The highest BCUT2D eigenvalue weighted by Gasteiger charge is 2.24. The predicted molar refractivity (Wildman–Crippen MR) is 89.3 cm³/mol. The van der Waals surface area contributed by atoms with Crippen LogP contribution in [0.3, 0.4) is 0 Å². The molecule has 2 N–H and O–H groups in total. The lowest BCUT2D eigenvalue weighted by Crippen LogP contribution is -2.38. The number of likely N-dealkylation sites (tertiary alicyclic amines) is 1. The minimum Gasteiger partial charge on any atom is -0.382 e. The van der Waals surface area contributed by atoms with Crippen LogP contribution in [0.1, 0.15) is 25.7 Å². The molecule has 6 heteroatoms. The largest absolute Gasteiger partial charge is 0.382 e. The monoisotopic (exact) mass is 328 g/mol. The lowest BCUT2D eigenvalue weighted by molar-refractivity contribution is 0.249. The number of piperidine rings is 1. The van der Waals surface area contributed by atoms with Crippen LogP contribution in [-0.2, 0) is 0 Å². The summed E-state index contributed by atoms with van der Waals surface area (Å²) in [5.41, 5.74) is 5.80. The molecule has 116 valence electrons. The second-order valence-electron chi connectivity index (χ2n) is 6.10. The fraction of sp³-hybridized carbons (Fsp3) is 0.667. The van der Waals surface area contributed by atoms with Crippen molar-refractivity contribution in [2.75, 3.05) is 43.4 Å². The molecule has 1 aromatic heterocycles. The molecule has 2 aliphatic heterocycles. The fourth-order valence-electron chi connectivity index (χ4n) is 3.35. The minimum absolute atomic E-state index is 0.357. The Bertz CT molecular complexity index is 495. The molecule has 0 bridgehead atoms. The van der Waals surface area contributed by atoms with Gasteiger partial charge in [-0.15, -0.1) is 0 Å². The van der Waals surface area contributed by atoms with E-state index in [1.165, 1.54) is 45.3 Å². The smallest absolute Gasteiger partial charge is 0.149 e. The molecule has 0 atom stereocenters. The number of halogens is 2. The van der Waals surface area contributed by atoms with E-state index in [1.54, 1.807) is 6.07 Å². The van der Waals surface area contributed by atoms with E-state index in [9.17, 15) is 0 Å². The predicted octanol–water partition coefficient (Wildman–Crippen LogP) is 3.28.